The Bertz CT molecular complexity index is 1100. The maximum Gasteiger partial charge on any atom is 0.338 e. The van der Waals surface area contributed by atoms with Crippen LogP contribution in [0.4, 0.5) is 0 Å². The molecule has 0 aliphatic carbocycles. The molecule has 2 heterocycles. The fourth-order valence-electron chi connectivity index (χ4n) is 3.23. The average Bonchev–Trinajstić information content (AvgIpc) is 2.72. The molecule has 0 radical (unpaired) electrons. The number of hydrogen-bond donors (Lipinski definition) is 1. The zero-order valence-corrected chi connectivity index (χ0v) is 17.4. The minimum atomic E-state index is -0.894. The summed E-state index contributed by atoms with van der Waals surface area (Å²) in [5.41, 5.74) is 7.18. The van der Waals surface area contributed by atoms with Gasteiger partial charge in [-0.05, 0) is 31.2 Å². The number of halogens is 1. The number of hydrogen-bond acceptors (Lipinski definition) is 8. The van der Waals surface area contributed by atoms with Crippen LogP contribution in [0.15, 0.2) is 47.1 Å². The average molecular weight is 430 g/mol. The number of esters is 1. The van der Waals surface area contributed by atoms with Crippen LogP contribution in [-0.4, -0.2) is 38.4 Å². The van der Waals surface area contributed by atoms with Crippen molar-refractivity contribution in [3.05, 3.63) is 57.8 Å². The second-order valence-electron chi connectivity index (χ2n) is 6.45. The number of nitriles is 1. The lowest BCUT2D eigenvalue weighted by molar-refractivity contribution is -0.140. The van der Waals surface area contributed by atoms with Gasteiger partial charge in [-0.2, -0.15) is 5.26 Å². The molecule has 3 rings (SSSR count). The van der Waals surface area contributed by atoms with Gasteiger partial charge in [0.1, 0.15) is 34.9 Å². The molecule has 9 heteroatoms. The number of ether oxygens (including phenoxy) is 4. The van der Waals surface area contributed by atoms with Gasteiger partial charge in [-0.15, -0.1) is 0 Å². The van der Waals surface area contributed by atoms with E-state index in [-0.39, 0.29) is 41.2 Å². The van der Waals surface area contributed by atoms with Crippen LogP contribution >= 0.6 is 11.6 Å². The van der Waals surface area contributed by atoms with Gasteiger partial charge >= 0.3 is 5.97 Å². The van der Waals surface area contributed by atoms with E-state index in [1.807, 2.05) is 6.07 Å². The van der Waals surface area contributed by atoms with Crippen LogP contribution in [0.3, 0.4) is 0 Å². The van der Waals surface area contributed by atoms with Crippen LogP contribution in [0.2, 0.25) is 5.15 Å². The van der Waals surface area contributed by atoms with Crippen molar-refractivity contribution in [2.75, 3.05) is 27.4 Å². The van der Waals surface area contributed by atoms with Crippen LogP contribution in [0, 0.1) is 11.3 Å². The molecule has 156 valence electrons. The molecule has 0 saturated heterocycles. The van der Waals surface area contributed by atoms with Crippen LogP contribution in [-0.2, 0) is 19.0 Å². The Hall–Kier alpha value is -3.28. The predicted molar refractivity (Wildman–Crippen MR) is 109 cm³/mol. The van der Waals surface area contributed by atoms with E-state index in [1.165, 1.54) is 7.11 Å². The third kappa shape index (κ3) is 4.03. The summed E-state index contributed by atoms with van der Waals surface area (Å²) < 4.78 is 20.9. The molecule has 0 unspecified atom stereocenters. The molecular weight excluding hydrogens is 410 g/mol. The Kier molecular flexibility index (Phi) is 6.45. The first-order chi connectivity index (χ1) is 14.4. The molecule has 1 aromatic carbocycles. The van der Waals surface area contributed by atoms with Crippen LogP contribution < -0.4 is 10.5 Å². The number of aromatic nitrogens is 1. The van der Waals surface area contributed by atoms with Gasteiger partial charge in [-0.1, -0.05) is 11.6 Å². The van der Waals surface area contributed by atoms with E-state index in [9.17, 15) is 10.1 Å². The number of allylic oxidation sites excluding steroid dienone is 2. The van der Waals surface area contributed by atoms with E-state index in [0.29, 0.717) is 16.8 Å². The zero-order valence-electron chi connectivity index (χ0n) is 16.7. The number of pyridine rings is 1. The smallest absolute Gasteiger partial charge is 0.338 e. The third-order valence-electron chi connectivity index (χ3n) is 4.66. The zero-order chi connectivity index (χ0) is 21.8. The quantitative estimate of drug-likeness (QED) is 0.422. The van der Waals surface area contributed by atoms with E-state index >= 15 is 0 Å². The van der Waals surface area contributed by atoms with Gasteiger partial charge in [-0.3, -0.25) is 0 Å². The molecule has 0 bridgehead atoms. The van der Waals surface area contributed by atoms with Gasteiger partial charge in [0.25, 0.3) is 0 Å². The summed E-state index contributed by atoms with van der Waals surface area (Å²) in [6.45, 7) is 1.85. The maximum atomic E-state index is 12.8. The first-order valence-electron chi connectivity index (χ1n) is 8.99. The molecule has 0 amide bonds. The molecule has 1 aliphatic rings. The lowest BCUT2D eigenvalue weighted by atomic mass is 9.83. The minimum absolute atomic E-state index is 0.0425. The molecule has 1 atom stereocenters. The molecule has 0 fully saturated rings. The lowest BCUT2D eigenvalue weighted by Crippen LogP contribution is -2.26. The number of nitrogens with two attached hydrogens (primary N) is 1. The summed E-state index contributed by atoms with van der Waals surface area (Å²) in [5, 5.41) is 10.6. The molecule has 1 aliphatic heterocycles. The van der Waals surface area contributed by atoms with Gasteiger partial charge in [-0.25, -0.2) is 9.78 Å². The topological polar surface area (TPSA) is 117 Å². The van der Waals surface area contributed by atoms with Crippen molar-refractivity contribution in [3.8, 4) is 11.8 Å². The lowest BCUT2D eigenvalue weighted by Gasteiger charge is -2.27. The van der Waals surface area contributed by atoms with Gasteiger partial charge in [0.15, 0.2) is 0 Å². The highest BCUT2D eigenvalue weighted by atomic mass is 35.5. The number of benzene rings is 1. The predicted octanol–water partition coefficient (Wildman–Crippen LogP) is 3.17. The number of fused-ring (bicyclic) bond motifs is 1. The third-order valence-corrected chi connectivity index (χ3v) is 4.96. The molecule has 2 N–H and O–H groups in total. The van der Waals surface area contributed by atoms with Crippen LogP contribution in [0.1, 0.15) is 18.4 Å². The van der Waals surface area contributed by atoms with Crippen molar-refractivity contribution < 1.29 is 23.7 Å². The van der Waals surface area contributed by atoms with E-state index < -0.39 is 11.9 Å². The Morgan fingerprint density at radius 3 is 2.77 bits per heavy atom. The Balaban J connectivity index is 2.17. The molecule has 8 nitrogen and oxygen atoms in total. The highest BCUT2D eigenvalue weighted by Crippen LogP contribution is 2.42. The molecular formula is C21H20ClN3O5. The molecule has 0 spiro atoms. The monoisotopic (exact) mass is 429 g/mol. The summed E-state index contributed by atoms with van der Waals surface area (Å²) in [6, 6.07) is 9.10. The summed E-state index contributed by atoms with van der Waals surface area (Å²) in [5.74, 6) is -0.798. The largest absolute Gasteiger partial charge is 0.497 e. The number of nitrogens with zero attached hydrogens (tertiary/aromatic N) is 2. The van der Waals surface area contributed by atoms with E-state index in [2.05, 4.69) is 4.98 Å². The van der Waals surface area contributed by atoms with E-state index in [4.69, 9.17) is 36.3 Å². The van der Waals surface area contributed by atoms with Crippen molar-refractivity contribution >= 4 is 28.5 Å². The SMILES string of the molecule is COCCOC(=O)C1=C(C)OC(N)=C(C#N)[C@@H]1c1cc2cc(OC)ccc2nc1Cl. The fraction of sp³-hybridized carbons (Fsp3) is 0.286. The molecule has 1 aromatic heterocycles. The summed E-state index contributed by atoms with van der Waals surface area (Å²) in [6.07, 6.45) is 0. The second-order valence-corrected chi connectivity index (χ2v) is 6.81. The van der Waals surface area contributed by atoms with E-state index in [0.717, 1.165) is 5.39 Å². The molecule has 0 saturated carbocycles. The fourth-order valence-corrected chi connectivity index (χ4v) is 3.48. The highest BCUT2D eigenvalue weighted by molar-refractivity contribution is 6.30. The Labute approximate surface area is 178 Å². The second kappa shape index (κ2) is 9.03. The maximum absolute atomic E-state index is 12.8. The van der Waals surface area contributed by atoms with E-state index in [1.54, 1.807) is 38.3 Å². The van der Waals surface area contributed by atoms with Crippen molar-refractivity contribution in [1.82, 2.24) is 4.98 Å². The van der Waals surface area contributed by atoms with Crippen molar-refractivity contribution in [2.45, 2.75) is 12.8 Å². The van der Waals surface area contributed by atoms with Gasteiger partial charge in [0, 0.05) is 18.1 Å². The normalized spacial score (nSPS) is 16.3. The Morgan fingerprint density at radius 1 is 1.33 bits per heavy atom. The minimum Gasteiger partial charge on any atom is -0.497 e. The number of carbonyl (C=O) groups excluding carboxylic acids is 1. The molecule has 2 aromatic rings. The van der Waals surface area contributed by atoms with Gasteiger partial charge in [0.2, 0.25) is 5.88 Å². The van der Waals surface area contributed by atoms with Gasteiger partial charge in [0.05, 0.1) is 30.7 Å². The van der Waals surface area contributed by atoms with Crippen LogP contribution in [0.5, 0.6) is 5.75 Å². The van der Waals surface area contributed by atoms with Crippen molar-refractivity contribution in [1.29, 1.82) is 5.26 Å². The van der Waals surface area contributed by atoms with Crippen molar-refractivity contribution in [3.63, 3.8) is 0 Å². The van der Waals surface area contributed by atoms with Crippen molar-refractivity contribution in [2.24, 2.45) is 5.73 Å². The summed E-state index contributed by atoms with van der Waals surface area (Å²) in [4.78, 5) is 17.3. The van der Waals surface area contributed by atoms with Gasteiger partial charge < -0.3 is 24.7 Å². The van der Waals surface area contributed by atoms with Crippen LogP contribution in [0.25, 0.3) is 10.9 Å². The number of carbonyl (C=O) groups is 1. The first-order valence-corrected chi connectivity index (χ1v) is 9.37. The standard InChI is InChI=1S/C21H20ClN3O5/c1-11-17(21(26)29-7-6-27-2)18(15(10-23)20(24)30-11)14-9-12-8-13(28-3)4-5-16(12)25-19(14)22/h4-5,8-9,18H,6-7,24H2,1-3H3/t18-/m0/s1. The molecule has 30 heavy (non-hydrogen) atoms. The summed E-state index contributed by atoms with van der Waals surface area (Å²) >= 11 is 6.47. The first kappa shape index (κ1) is 21.4. The Morgan fingerprint density at radius 2 is 2.10 bits per heavy atom. The summed E-state index contributed by atoms with van der Waals surface area (Å²) in [7, 11) is 3.05. The number of rotatable bonds is 6. The number of methoxy groups -OCH3 is 2. The highest BCUT2D eigenvalue weighted by Gasteiger charge is 2.38.